The number of carboxylic acids is 1. The van der Waals surface area contributed by atoms with Crippen molar-refractivity contribution in [2.24, 2.45) is 0 Å². The normalized spacial score (nSPS) is 12.0. The standard InChI is InChI=1S/C23H20BrCl2NO3/c1-12-16-5-3-4-6-17(16)21(13(2)22(12)24)23(30)27-11-15(10-20(28)29)14-7-8-18(25)19(26)9-14/h3-9,15H,10-11H2,1-2H3,(H,27,30)(H,28,29)/t15-/m1/s1. The minimum absolute atomic E-state index is 0.143. The van der Waals surface area contributed by atoms with Crippen LogP contribution >= 0.6 is 39.1 Å². The molecule has 0 saturated carbocycles. The Bertz CT molecular complexity index is 1150. The van der Waals surface area contributed by atoms with E-state index in [1.165, 1.54) is 0 Å². The van der Waals surface area contributed by atoms with Crippen LogP contribution in [-0.2, 0) is 4.79 Å². The molecule has 0 aliphatic heterocycles. The molecule has 0 aliphatic carbocycles. The number of aryl methyl sites for hydroxylation is 1. The van der Waals surface area contributed by atoms with E-state index >= 15 is 0 Å². The predicted molar refractivity (Wildman–Crippen MR) is 125 cm³/mol. The van der Waals surface area contributed by atoms with E-state index in [-0.39, 0.29) is 18.9 Å². The highest BCUT2D eigenvalue weighted by atomic mass is 79.9. The van der Waals surface area contributed by atoms with Crippen LogP contribution in [-0.4, -0.2) is 23.5 Å². The average Bonchev–Trinajstić information content (AvgIpc) is 2.71. The maximum Gasteiger partial charge on any atom is 0.304 e. The Kier molecular flexibility index (Phi) is 7.06. The van der Waals surface area contributed by atoms with Gasteiger partial charge in [0.05, 0.1) is 22.0 Å². The Morgan fingerprint density at radius 3 is 2.33 bits per heavy atom. The minimum atomic E-state index is -0.958. The molecular weight excluding hydrogens is 489 g/mol. The number of carboxylic acid groups (broad SMARTS) is 1. The molecule has 2 N–H and O–H groups in total. The SMILES string of the molecule is Cc1c(Br)c(C)c2ccccc2c1C(=O)NC[C@@H](CC(=O)O)c1ccc(Cl)c(Cl)c1. The van der Waals surface area contributed by atoms with Crippen molar-refractivity contribution in [3.63, 3.8) is 0 Å². The van der Waals surface area contributed by atoms with Gasteiger partial charge < -0.3 is 10.4 Å². The third-order valence-electron chi connectivity index (χ3n) is 5.21. The molecule has 3 rings (SSSR count). The summed E-state index contributed by atoms with van der Waals surface area (Å²) in [5, 5.41) is 14.8. The van der Waals surface area contributed by atoms with Crippen LogP contribution < -0.4 is 5.32 Å². The maximum absolute atomic E-state index is 13.2. The molecule has 0 heterocycles. The molecule has 156 valence electrons. The molecule has 0 spiro atoms. The number of carbonyl (C=O) groups is 2. The summed E-state index contributed by atoms with van der Waals surface area (Å²) >= 11 is 15.7. The number of amides is 1. The van der Waals surface area contributed by atoms with Crippen LogP contribution in [0.2, 0.25) is 10.0 Å². The van der Waals surface area contributed by atoms with Crippen LogP contribution in [0.15, 0.2) is 46.9 Å². The number of benzene rings is 3. The van der Waals surface area contributed by atoms with Crippen LogP contribution in [0.4, 0.5) is 0 Å². The van der Waals surface area contributed by atoms with Crippen molar-refractivity contribution in [3.05, 3.63) is 79.2 Å². The van der Waals surface area contributed by atoms with Gasteiger partial charge in [-0.15, -0.1) is 0 Å². The fourth-order valence-electron chi connectivity index (χ4n) is 3.62. The molecule has 0 unspecified atom stereocenters. The van der Waals surface area contributed by atoms with E-state index in [1.54, 1.807) is 18.2 Å². The first-order chi connectivity index (χ1) is 14.2. The second kappa shape index (κ2) is 9.38. The highest BCUT2D eigenvalue weighted by Gasteiger charge is 2.21. The fraction of sp³-hybridized carbons (Fsp3) is 0.217. The molecule has 0 bridgehead atoms. The summed E-state index contributed by atoms with van der Waals surface area (Å²) in [5.41, 5.74) is 3.19. The molecular formula is C23H20BrCl2NO3. The van der Waals surface area contributed by atoms with Crippen molar-refractivity contribution in [2.45, 2.75) is 26.2 Å². The van der Waals surface area contributed by atoms with Gasteiger partial charge in [0.25, 0.3) is 5.91 Å². The maximum atomic E-state index is 13.2. The lowest BCUT2D eigenvalue weighted by atomic mass is 9.93. The second-order valence-corrected chi connectivity index (χ2v) is 8.77. The van der Waals surface area contributed by atoms with Crippen molar-refractivity contribution in [1.29, 1.82) is 0 Å². The van der Waals surface area contributed by atoms with Gasteiger partial charge in [-0.25, -0.2) is 0 Å². The number of halogens is 3. The number of nitrogens with one attached hydrogen (secondary N) is 1. The number of hydrogen-bond donors (Lipinski definition) is 2. The first-order valence-corrected chi connectivity index (χ1v) is 10.9. The topological polar surface area (TPSA) is 66.4 Å². The highest BCUT2D eigenvalue weighted by molar-refractivity contribution is 9.10. The van der Waals surface area contributed by atoms with Crippen molar-refractivity contribution in [3.8, 4) is 0 Å². The molecule has 0 radical (unpaired) electrons. The highest BCUT2D eigenvalue weighted by Crippen LogP contribution is 2.33. The van der Waals surface area contributed by atoms with Crippen LogP contribution in [0.5, 0.6) is 0 Å². The van der Waals surface area contributed by atoms with Gasteiger partial charge in [0.1, 0.15) is 0 Å². The van der Waals surface area contributed by atoms with Crippen LogP contribution in [0.3, 0.4) is 0 Å². The summed E-state index contributed by atoms with van der Waals surface area (Å²) in [6.07, 6.45) is -0.143. The van der Waals surface area contributed by atoms with E-state index in [2.05, 4.69) is 21.2 Å². The van der Waals surface area contributed by atoms with Crippen LogP contribution in [0.1, 0.15) is 39.4 Å². The zero-order chi connectivity index (χ0) is 22.0. The second-order valence-electron chi connectivity index (χ2n) is 7.16. The van der Waals surface area contributed by atoms with E-state index in [9.17, 15) is 14.7 Å². The van der Waals surface area contributed by atoms with Gasteiger partial charge in [-0.1, -0.05) is 69.5 Å². The molecule has 30 heavy (non-hydrogen) atoms. The van der Waals surface area contributed by atoms with E-state index in [4.69, 9.17) is 23.2 Å². The monoisotopic (exact) mass is 507 g/mol. The summed E-state index contributed by atoms with van der Waals surface area (Å²) in [6.45, 7) is 4.06. The Labute approximate surface area is 193 Å². The molecule has 0 saturated heterocycles. The average molecular weight is 509 g/mol. The molecule has 1 amide bonds. The van der Waals surface area contributed by atoms with Gasteiger partial charge in [0.2, 0.25) is 0 Å². The summed E-state index contributed by atoms with van der Waals surface area (Å²) in [7, 11) is 0. The Morgan fingerprint density at radius 2 is 1.70 bits per heavy atom. The summed E-state index contributed by atoms with van der Waals surface area (Å²) in [6, 6.07) is 12.7. The number of rotatable bonds is 6. The zero-order valence-corrected chi connectivity index (χ0v) is 19.5. The summed E-state index contributed by atoms with van der Waals surface area (Å²) in [4.78, 5) is 24.5. The molecule has 1 atom stereocenters. The third kappa shape index (κ3) is 4.64. The van der Waals surface area contributed by atoms with E-state index < -0.39 is 11.9 Å². The van der Waals surface area contributed by atoms with E-state index in [1.807, 2.05) is 38.1 Å². The number of hydrogen-bond acceptors (Lipinski definition) is 2. The van der Waals surface area contributed by atoms with Gasteiger partial charge in [0, 0.05) is 16.9 Å². The number of aliphatic carboxylic acids is 1. The molecule has 4 nitrogen and oxygen atoms in total. The smallest absolute Gasteiger partial charge is 0.304 e. The zero-order valence-electron chi connectivity index (χ0n) is 16.4. The van der Waals surface area contributed by atoms with Gasteiger partial charge >= 0.3 is 5.97 Å². The molecule has 3 aromatic rings. The lowest BCUT2D eigenvalue weighted by Crippen LogP contribution is -2.30. The predicted octanol–water partition coefficient (Wildman–Crippen LogP) is 6.51. The largest absolute Gasteiger partial charge is 0.481 e. The van der Waals surface area contributed by atoms with Crippen molar-refractivity contribution < 1.29 is 14.7 Å². The minimum Gasteiger partial charge on any atom is -0.481 e. The molecule has 0 aliphatic rings. The van der Waals surface area contributed by atoms with Gasteiger partial charge in [0.15, 0.2) is 0 Å². The van der Waals surface area contributed by atoms with E-state index in [0.717, 1.165) is 26.4 Å². The van der Waals surface area contributed by atoms with Gasteiger partial charge in [-0.3, -0.25) is 9.59 Å². The first kappa shape index (κ1) is 22.6. The molecule has 0 aromatic heterocycles. The van der Waals surface area contributed by atoms with Crippen molar-refractivity contribution in [1.82, 2.24) is 5.32 Å². The molecule has 3 aromatic carbocycles. The fourth-order valence-corrected chi connectivity index (χ4v) is 4.34. The first-order valence-electron chi connectivity index (χ1n) is 9.33. The van der Waals surface area contributed by atoms with Crippen LogP contribution in [0, 0.1) is 13.8 Å². The summed E-state index contributed by atoms with van der Waals surface area (Å²) in [5.74, 6) is -1.65. The van der Waals surface area contributed by atoms with Crippen molar-refractivity contribution in [2.75, 3.05) is 6.54 Å². The van der Waals surface area contributed by atoms with E-state index in [0.29, 0.717) is 21.2 Å². The third-order valence-corrected chi connectivity index (χ3v) is 7.13. The Hall–Kier alpha value is -2.08. The Morgan fingerprint density at radius 1 is 1.03 bits per heavy atom. The van der Waals surface area contributed by atoms with Gasteiger partial charge in [-0.05, 0) is 53.4 Å². The Balaban J connectivity index is 1.93. The lowest BCUT2D eigenvalue weighted by molar-refractivity contribution is -0.137. The van der Waals surface area contributed by atoms with Crippen molar-refractivity contribution >= 4 is 61.8 Å². The van der Waals surface area contributed by atoms with Crippen LogP contribution in [0.25, 0.3) is 10.8 Å². The number of fused-ring (bicyclic) bond motifs is 1. The lowest BCUT2D eigenvalue weighted by Gasteiger charge is -2.19. The van der Waals surface area contributed by atoms with Gasteiger partial charge in [-0.2, -0.15) is 0 Å². The number of carbonyl (C=O) groups excluding carboxylic acids is 1. The molecule has 0 fully saturated rings. The quantitative estimate of drug-likeness (QED) is 0.398. The summed E-state index contributed by atoms with van der Waals surface area (Å²) < 4.78 is 0.887. The molecule has 7 heteroatoms.